The molecule has 0 unspecified atom stereocenters. The number of benzene rings is 2. The first-order chi connectivity index (χ1) is 8.93. The molecular formula is C16H15NS. The molecule has 2 aromatic carbocycles. The average Bonchev–Trinajstić information content (AvgIpc) is 3.05. The quantitative estimate of drug-likeness (QED) is 0.755. The Kier molecular flexibility index (Phi) is 2.37. The molecule has 4 rings (SSSR count). The van der Waals surface area contributed by atoms with Crippen LogP contribution in [0.3, 0.4) is 0 Å². The molecule has 0 amide bonds. The molecule has 0 spiro atoms. The van der Waals surface area contributed by atoms with Gasteiger partial charge in [0.15, 0.2) is 0 Å². The number of anilines is 2. The Morgan fingerprint density at radius 2 is 1.67 bits per heavy atom. The summed E-state index contributed by atoms with van der Waals surface area (Å²) in [5, 5.41) is 0. The molecular weight excluding hydrogens is 238 g/mol. The van der Waals surface area contributed by atoms with Gasteiger partial charge in [-0.1, -0.05) is 30.3 Å². The summed E-state index contributed by atoms with van der Waals surface area (Å²) in [7, 11) is 0. The van der Waals surface area contributed by atoms with E-state index in [2.05, 4.69) is 47.4 Å². The Morgan fingerprint density at radius 3 is 2.67 bits per heavy atom. The van der Waals surface area contributed by atoms with Gasteiger partial charge >= 0.3 is 0 Å². The van der Waals surface area contributed by atoms with Crippen LogP contribution in [0.15, 0.2) is 47.4 Å². The number of hydrogen-bond donors (Lipinski definition) is 0. The molecule has 0 aromatic heterocycles. The van der Waals surface area contributed by atoms with Crippen molar-refractivity contribution in [3.8, 4) is 0 Å². The highest BCUT2D eigenvalue weighted by Gasteiger charge is 2.24. The molecule has 2 aliphatic heterocycles. The summed E-state index contributed by atoms with van der Waals surface area (Å²) in [6, 6.07) is 15.6. The SMILES string of the molecule is c1ccc2c(c1)CCN2c1cccc2c1SCC2. The van der Waals surface area contributed by atoms with Crippen molar-refractivity contribution >= 4 is 23.1 Å². The molecule has 0 saturated carbocycles. The Morgan fingerprint density at radius 1 is 0.833 bits per heavy atom. The third-order valence-electron chi connectivity index (χ3n) is 3.87. The molecule has 2 heteroatoms. The van der Waals surface area contributed by atoms with E-state index in [0.29, 0.717) is 0 Å². The fraction of sp³-hybridized carbons (Fsp3) is 0.250. The second-order valence-corrected chi connectivity index (χ2v) is 6.00. The third kappa shape index (κ3) is 1.49. The van der Waals surface area contributed by atoms with Crippen LogP contribution in [0.25, 0.3) is 0 Å². The van der Waals surface area contributed by atoms with Crippen LogP contribution in [0.4, 0.5) is 11.4 Å². The number of nitrogens with zero attached hydrogens (tertiary/aromatic N) is 1. The van der Waals surface area contributed by atoms with Gasteiger partial charge in [-0.3, -0.25) is 0 Å². The molecule has 2 heterocycles. The molecule has 1 nitrogen and oxygen atoms in total. The molecule has 0 atom stereocenters. The van der Waals surface area contributed by atoms with Gasteiger partial charge in [-0.25, -0.2) is 0 Å². The first kappa shape index (κ1) is 10.5. The smallest absolute Gasteiger partial charge is 0.0551 e. The van der Waals surface area contributed by atoms with E-state index in [4.69, 9.17) is 0 Å². The summed E-state index contributed by atoms with van der Waals surface area (Å²) in [5.74, 6) is 1.24. The molecule has 0 aliphatic carbocycles. The highest BCUT2D eigenvalue weighted by atomic mass is 32.2. The van der Waals surface area contributed by atoms with Gasteiger partial charge in [0.25, 0.3) is 0 Å². The van der Waals surface area contributed by atoms with Crippen LogP contribution in [0.1, 0.15) is 11.1 Å². The van der Waals surface area contributed by atoms with E-state index in [1.807, 2.05) is 11.8 Å². The molecule has 18 heavy (non-hydrogen) atoms. The lowest BCUT2D eigenvalue weighted by atomic mass is 10.1. The van der Waals surface area contributed by atoms with Crippen molar-refractivity contribution in [3.05, 3.63) is 53.6 Å². The first-order valence-electron chi connectivity index (χ1n) is 6.53. The molecule has 0 bridgehead atoms. The summed E-state index contributed by atoms with van der Waals surface area (Å²) in [6.45, 7) is 1.12. The lowest BCUT2D eigenvalue weighted by molar-refractivity contribution is 0.980. The zero-order chi connectivity index (χ0) is 11.9. The summed E-state index contributed by atoms with van der Waals surface area (Å²) < 4.78 is 0. The van der Waals surface area contributed by atoms with Crippen LogP contribution in [0.2, 0.25) is 0 Å². The summed E-state index contributed by atoms with van der Waals surface area (Å²) in [6.07, 6.45) is 2.40. The maximum atomic E-state index is 2.49. The Hall–Kier alpha value is -1.41. The van der Waals surface area contributed by atoms with Crippen molar-refractivity contribution in [1.29, 1.82) is 0 Å². The van der Waals surface area contributed by atoms with E-state index in [9.17, 15) is 0 Å². The number of thioether (sulfide) groups is 1. The number of para-hydroxylation sites is 1. The minimum absolute atomic E-state index is 1.12. The van der Waals surface area contributed by atoms with E-state index in [-0.39, 0.29) is 0 Å². The van der Waals surface area contributed by atoms with Crippen LogP contribution in [-0.4, -0.2) is 12.3 Å². The summed E-state index contributed by atoms with van der Waals surface area (Å²) >= 11 is 2.01. The second kappa shape index (κ2) is 4.06. The number of hydrogen-bond acceptors (Lipinski definition) is 2. The topological polar surface area (TPSA) is 3.24 Å². The molecule has 2 aliphatic rings. The third-order valence-corrected chi connectivity index (χ3v) is 5.04. The maximum Gasteiger partial charge on any atom is 0.0551 e. The molecule has 90 valence electrons. The molecule has 0 radical (unpaired) electrons. The highest BCUT2D eigenvalue weighted by molar-refractivity contribution is 7.99. The normalized spacial score (nSPS) is 16.8. The number of fused-ring (bicyclic) bond motifs is 2. The summed E-state index contributed by atoms with van der Waals surface area (Å²) in [5.41, 5.74) is 5.83. The van der Waals surface area contributed by atoms with Crippen molar-refractivity contribution in [3.63, 3.8) is 0 Å². The van der Waals surface area contributed by atoms with Gasteiger partial charge in [0.05, 0.1) is 5.69 Å². The van der Waals surface area contributed by atoms with Gasteiger partial charge in [-0.05, 0) is 36.1 Å². The molecule has 0 fully saturated rings. The predicted octanol–water partition coefficient (Wildman–Crippen LogP) is 4.03. The highest BCUT2D eigenvalue weighted by Crippen LogP contribution is 2.43. The molecule has 0 saturated heterocycles. The predicted molar refractivity (Wildman–Crippen MR) is 78.0 cm³/mol. The number of rotatable bonds is 1. The summed E-state index contributed by atoms with van der Waals surface area (Å²) in [4.78, 5) is 4.00. The van der Waals surface area contributed by atoms with Crippen LogP contribution in [0, 0.1) is 0 Å². The van der Waals surface area contributed by atoms with Gasteiger partial charge < -0.3 is 4.90 Å². The van der Waals surface area contributed by atoms with Gasteiger partial charge in [0.2, 0.25) is 0 Å². The van der Waals surface area contributed by atoms with E-state index < -0.39 is 0 Å². The van der Waals surface area contributed by atoms with Crippen molar-refractivity contribution in [2.24, 2.45) is 0 Å². The Balaban J connectivity index is 1.84. The maximum absolute atomic E-state index is 2.49. The zero-order valence-corrected chi connectivity index (χ0v) is 11.0. The number of aryl methyl sites for hydroxylation is 1. The van der Waals surface area contributed by atoms with Gasteiger partial charge in [-0.2, -0.15) is 0 Å². The standard InChI is InChI=1S/C16H15NS/c1-2-6-14-12(4-1)8-10-17(14)15-7-3-5-13-9-11-18-16(13)15/h1-7H,8-11H2. The monoisotopic (exact) mass is 253 g/mol. The molecule has 2 aromatic rings. The lowest BCUT2D eigenvalue weighted by Gasteiger charge is -2.22. The minimum atomic E-state index is 1.12. The van der Waals surface area contributed by atoms with Crippen LogP contribution < -0.4 is 4.90 Å². The second-order valence-electron chi connectivity index (χ2n) is 4.89. The van der Waals surface area contributed by atoms with E-state index in [0.717, 1.165) is 6.54 Å². The largest absolute Gasteiger partial charge is 0.340 e. The Bertz CT molecular complexity index is 606. The van der Waals surface area contributed by atoms with Gasteiger partial charge in [0.1, 0.15) is 0 Å². The van der Waals surface area contributed by atoms with Crippen molar-refractivity contribution < 1.29 is 0 Å². The van der Waals surface area contributed by atoms with Crippen molar-refractivity contribution in [2.45, 2.75) is 17.7 Å². The van der Waals surface area contributed by atoms with Crippen LogP contribution >= 0.6 is 11.8 Å². The fourth-order valence-corrected chi connectivity index (χ4v) is 4.21. The average molecular weight is 253 g/mol. The van der Waals surface area contributed by atoms with Gasteiger partial charge in [0, 0.05) is 22.9 Å². The minimum Gasteiger partial charge on any atom is -0.340 e. The Labute approximate surface area is 112 Å². The van der Waals surface area contributed by atoms with Crippen molar-refractivity contribution in [2.75, 3.05) is 17.2 Å². The van der Waals surface area contributed by atoms with E-state index in [1.54, 1.807) is 0 Å². The fourth-order valence-electron chi connectivity index (χ4n) is 3.00. The van der Waals surface area contributed by atoms with Crippen LogP contribution in [0.5, 0.6) is 0 Å². The lowest BCUT2D eigenvalue weighted by Crippen LogP contribution is -2.14. The first-order valence-corrected chi connectivity index (χ1v) is 7.52. The zero-order valence-electron chi connectivity index (χ0n) is 10.2. The van der Waals surface area contributed by atoms with E-state index in [1.165, 1.54) is 46.0 Å². The van der Waals surface area contributed by atoms with Gasteiger partial charge in [-0.15, -0.1) is 11.8 Å². The molecule has 0 N–H and O–H groups in total. The van der Waals surface area contributed by atoms with Crippen LogP contribution in [-0.2, 0) is 12.8 Å². The van der Waals surface area contributed by atoms with Crippen molar-refractivity contribution in [1.82, 2.24) is 0 Å². The van der Waals surface area contributed by atoms with E-state index >= 15 is 0 Å².